The highest BCUT2D eigenvalue weighted by Gasteiger charge is 2.19. The fraction of sp³-hybridized carbons (Fsp3) is 0.0625. The number of fused-ring (bicyclic) bond motifs is 1. The molecule has 1 heterocycles. The molecule has 3 rings (SSSR count). The van der Waals surface area contributed by atoms with Gasteiger partial charge in [0.15, 0.2) is 16.7 Å². The lowest BCUT2D eigenvalue weighted by atomic mass is 10.0. The number of nitrogens with two attached hydrogens (primary N) is 1. The van der Waals surface area contributed by atoms with Gasteiger partial charge >= 0.3 is 0 Å². The zero-order valence-corrected chi connectivity index (χ0v) is 14.4. The zero-order valence-electron chi connectivity index (χ0n) is 12.8. The molecule has 0 saturated carbocycles. The van der Waals surface area contributed by atoms with Crippen LogP contribution in [-0.4, -0.2) is 27.0 Å². The molecule has 0 amide bonds. The second-order valence-corrected chi connectivity index (χ2v) is 6.28. The Balaban J connectivity index is 0.00000208. The van der Waals surface area contributed by atoms with Crippen LogP contribution in [0.1, 0.15) is 0 Å². The maximum absolute atomic E-state index is 12.1. The van der Waals surface area contributed by atoms with Crippen LogP contribution < -0.4 is 11.1 Å². The fourth-order valence-corrected chi connectivity index (χ4v) is 3.20. The van der Waals surface area contributed by atoms with Gasteiger partial charge in [-0.2, -0.15) is 0 Å². The lowest BCUT2D eigenvalue weighted by Gasteiger charge is -2.13. The molecule has 6 nitrogen and oxygen atoms in total. The molecule has 124 valence electrons. The molecule has 0 aliphatic heterocycles. The van der Waals surface area contributed by atoms with Gasteiger partial charge in [0.05, 0.1) is 5.39 Å². The van der Waals surface area contributed by atoms with Gasteiger partial charge in [-0.15, -0.1) is 22.6 Å². The number of nitrogens with zero attached hydrogens (tertiary/aromatic N) is 2. The Bertz CT molecular complexity index is 873. The van der Waals surface area contributed by atoms with E-state index in [0.29, 0.717) is 21.8 Å². The van der Waals surface area contributed by atoms with Crippen LogP contribution in [0, 0.1) is 5.41 Å². The Morgan fingerprint density at radius 3 is 2.46 bits per heavy atom. The van der Waals surface area contributed by atoms with Gasteiger partial charge in [-0.05, 0) is 17.2 Å². The predicted molar refractivity (Wildman–Crippen MR) is 100 cm³/mol. The first-order valence-electron chi connectivity index (χ1n) is 6.87. The molecule has 24 heavy (non-hydrogen) atoms. The molecule has 1 aromatic heterocycles. The predicted octanol–water partition coefficient (Wildman–Crippen LogP) is 2.76. The van der Waals surface area contributed by atoms with Crippen LogP contribution in [0.4, 0.5) is 5.82 Å². The molecule has 0 radical (unpaired) electrons. The van der Waals surface area contributed by atoms with Crippen LogP contribution in [0.25, 0.3) is 22.0 Å². The van der Waals surface area contributed by atoms with Crippen molar-refractivity contribution in [3.63, 3.8) is 0 Å². The largest absolute Gasteiger partial charge is 0.612 e. The number of rotatable bonds is 3. The Morgan fingerprint density at radius 2 is 1.83 bits per heavy atom. The summed E-state index contributed by atoms with van der Waals surface area (Å²) in [6, 6.07) is 15.2. The number of guanidine groups is 1. The van der Waals surface area contributed by atoms with E-state index in [2.05, 4.69) is 15.5 Å². The number of benzene rings is 2. The van der Waals surface area contributed by atoms with Crippen molar-refractivity contribution in [3.05, 3.63) is 48.5 Å². The minimum absolute atomic E-state index is 0. The molecule has 1 atom stereocenters. The molecule has 4 N–H and O–H groups in total. The number of aromatic nitrogens is 2. The Hall–Kier alpha value is -2.35. The molecule has 0 fully saturated rings. The molecule has 0 aliphatic carbocycles. The summed E-state index contributed by atoms with van der Waals surface area (Å²) in [5.41, 5.74) is 7.03. The Kier molecular flexibility index (Phi) is 5.61. The van der Waals surface area contributed by atoms with E-state index < -0.39 is 11.2 Å². The van der Waals surface area contributed by atoms with Crippen molar-refractivity contribution in [1.29, 1.82) is 5.41 Å². The quantitative estimate of drug-likeness (QED) is 0.377. The second kappa shape index (κ2) is 7.48. The normalized spacial score (nSPS) is 11.6. The molecule has 2 aromatic carbocycles. The lowest BCUT2D eigenvalue weighted by Crippen LogP contribution is -2.22. The molecule has 0 spiro atoms. The minimum atomic E-state index is -1.21. The van der Waals surface area contributed by atoms with Crippen molar-refractivity contribution in [3.8, 4) is 11.3 Å². The molecular formula is C16H16ClN5OS. The second-order valence-electron chi connectivity index (χ2n) is 4.93. The number of hydrogen-bond donors (Lipinski definition) is 3. The number of halogens is 1. The first kappa shape index (κ1) is 18.0. The highest BCUT2D eigenvalue weighted by molar-refractivity contribution is 7.91. The molecule has 0 saturated heterocycles. The van der Waals surface area contributed by atoms with E-state index in [-0.39, 0.29) is 18.4 Å². The summed E-state index contributed by atoms with van der Waals surface area (Å²) in [5, 5.41) is 20.0. The average Bonchev–Trinajstić information content (AvgIpc) is 2.54. The van der Waals surface area contributed by atoms with Gasteiger partial charge in [-0.3, -0.25) is 5.41 Å². The van der Waals surface area contributed by atoms with Gasteiger partial charge in [0.1, 0.15) is 11.9 Å². The maximum atomic E-state index is 12.1. The van der Waals surface area contributed by atoms with Crippen molar-refractivity contribution in [2.75, 3.05) is 11.6 Å². The van der Waals surface area contributed by atoms with Gasteiger partial charge in [-0.1, -0.05) is 42.5 Å². The number of nitrogens with one attached hydrogen (secondary N) is 2. The van der Waals surface area contributed by atoms with Crippen molar-refractivity contribution >= 4 is 46.1 Å². The van der Waals surface area contributed by atoms with Crippen LogP contribution in [0.2, 0.25) is 0 Å². The van der Waals surface area contributed by atoms with Crippen LogP contribution in [-0.2, 0) is 11.2 Å². The Labute approximate surface area is 148 Å². The molecule has 0 bridgehead atoms. The molecule has 3 aromatic rings. The zero-order chi connectivity index (χ0) is 16.4. The van der Waals surface area contributed by atoms with E-state index in [1.54, 1.807) is 12.3 Å². The third-order valence-electron chi connectivity index (χ3n) is 3.38. The van der Waals surface area contributed by atoms with E-state index in [4.69, 9.17) is 11.1 Å². The monoisotopic (exact) mass is 361 g/mol. The lowest BCUT2D eigenvalue weighted by molar-refractivity contribution is 0.601. The highest BCUT2D eigenvalue weighted by atomic mass is 35.5. The average molecular weight is 362 g/mol. The standard InChI is InChI=1S/C16H15N5OS.ClH/c1-23(22)12-9-5-8-11-13(12)15(19-16(17)18)21-20-14(11)10-6-3-2-4-7-10;/h2-9H,1H3,(H4,17,18,19,21);1H. The van der Waals surface area contributed by atoms with Crippen molar-refractivity contribution < 1.29 is 4.55 Å². The summed E-state index contributed by atoms with van der Waals surface area (Å²) in [6.45, 7) is 0. The fourth-order valence-electron chi connectivity index (χ4n) is 2.44. The summed E-state index contributed by atoms with van der Waals surface area (Å²) < 4.78 is 12.1. The first-order valence-corrected chi connectivity index (χ1v) is 8.43. The van der Waals surface area contributed by atoms with Gasteiger partial charge < -0.3 is 15.6 Å². The van der Waals surface area contributed by atoms with Crippen molar-refractivity contribution in [1.82, 2.24) is 10.2 Å². The molecule has 1 unspecified atom stereocenters. The van der Waals surface area contributed by atoms with Crippen molar-refractivity contribution in [2.45, 2.75) is 4.90 Å². The summed E-state index contributed by atoms with van der Waals surface area (Å²) >= 11 is -1.21. The summed E-state index contributed by atoms with van der Waals surface area (Å²) in [5.74, 6) is 0.0859. The smallest absolute Gasteiger partial charge is 0.191 e. The summed E-state index contributed by atoms with van der Waals surface area (Å²) in [4.78, 5) is 0.623. The number of hydrogen-bond acceptors (Lipinski definition) is 4. The first-order chi connectivity index (χ1) is 11.1. The highest BCUT2D eigenvalue weighted by Crippen LogP contribution is 2.33. The van der Waals surface area contributed by atoms with E-state index in [1.165, 1.54) is 0 Å². The molecule has 8 heteroatoms. The third-order valence-corrected chi connectivity index (χ3v) is 4.34. The third kappa shape index (κ3) is 3.43. The van der Waals surface area contributed by atoms with Gasteiger partial charge in [0, 0.05) is 10.9 Å². The van der Waals surface area contributed by atoms with Crippen LogP contribution in [0.15, 0.2) is 53.4 Å². The minimum Gasteiger partial charge on any atom is -0.612 e. The van der Waals surface area contributed by atoms with E-state index >= 15 is 0 Å². The molecule has 0 aliphatic rings. The topological polar surface area (TPSA) is 111 Å². The van der Waals surface area contributed by atoms with Gasteiger partial charge in [0.25, 0.3) is 0 Å². The van der Waals surface area contributed by atoms with Crippen LogP contribution in [0.5, 0.6) is 0 Å². The van der Waals surface area contributed by atoms with Crippen LogP contribution in [0.3, 0.4) is 0 Å². The number of anilines is 1. The van der Waals surface area contributed by atoms with E-state index in [0.717, 1.165) is 10.9 Å². The summed E-state index contributed by atoms with van der Waals surface area (Å²) in [6.07, 6.45) is 1.61. The maximum Gasteiger partial charge on any atom is 0.191 e. The summed E-state index contributed by atoms with van der Waals surface area (Å²) in [7, 11) is 0. The van der Waals surface area contributed by atoms with Crippen LogP contribution >= 0.6 is 12.4 Å². The van der Waals surface area contributed by atoms with E-state index in [9.17, 15) is 4.55 Å². The van der Waals surface area contributed by atoms with Gasteiger partial charge in [-0.25, -0.2) is 0 Å². The van der Waals surface area contributed by atoms with Crippen molar-refractivity contribution in [2.24, 2.45) is 5.73 Å². The molecular weight excluding hydrogens is 346 g/mol. The van der Waals surface area contributed by atoms with E-state index in [1.807, 2.05) is 42.5 Å². The Morgan fingerprint density at radius 1 is 1.12 bits per heavy atom. The SMILES string of the molecule is C[S+]([O-])c1cccc2c(-c3ccccc3)nnc(NC(=N)N)c12.Cl. The van der Waals surface area contributed by atoms with Gasteiger partial charge in [0.2, 0.25) is 0 Å².